The number of nitrogens with zero attached hydrogens (tertiary/aromatic N) is 2. The molecule has 1 aromatic rings. The molecule has 5 nitrogen and oxygen atoms in total. The molecule has 0 aliphatic carbocycles. The molecule has 0 aliphatic rings. The van der Waals surface area contributed by atoms with Gasteiger partial charge in [0.05, 0.1) is 18.5 Å². The van der Waals surface area contributed by atoms with Crippen LogP contribution in [0, 0.1) is 5.92 Å². The number of hydrogen-bond donors (Lipinski definition) is 2. The lowest BCUT2D eigenvalue weighted by atomic mass is 10.0. The van der Waals surface area contributed by atoms with E-state index in [0.717, 1.165) is 6.42 Å². The molecule has 18 heavy (non-hydrogen) atoms. The van der Waals surface area contributed by atoms with Gasteiger partial charge in [-0.15, -0.1) is 0 Å². The Morgan fingerprint density at radius 1 is 1.56 bits per heavy atom. The summed E-state index contributed by atoms with van der Waals surface area (Å²) in [7, 11) is 0. The van der Waals surface area contributed by atoms with Crippen LogP contribution in [-0.4, -0.2) is 27.5 Å². The minimum Gasteiger partial charge on any atom is -0.394 e. The molecule has 0 amide bonds. The maximum absolute atomic E-state index is 11.8. The molecule has 1 heterocycles. The van der Waals surface area contributed by atoms with Crippen LogP contribution in [-0.2, 0) is 6.54 Å². The molecule has 1 atom stereocenters. The molecular formula is C12H20ClN3O2. The van der Waals surface area contributed by atoms with Gasteiger partial charge in [-0.25, -0.2) is 4.68 Å². The number of aryl methyl sites for hydroxylation is 1. The van der Waals surface area contributed by atoms with Gasteiger partial charge < -0.3 is 10.4 Å². The Morgan fingerprint density at radius 2 is 2.22 bits per heavy atom. The lowest BCUT2D eigenvalue weighted by Gasteiger charge is -2.20. The van der Waals surface area contributed by atoms with Crippen molar-refractivity contribution in [2.45, 2.75) is 39.8 Å². The summed E-state index contributed by atoms with van der Waals surface area (Å²) in [6.45, 7) is 6.44. The van der Waals surface area contributed by atoms with Gasteiger partial charge in [0.1, 0.15) is 5.02 Å². The maximum Gasteiger partial charge on any atom is 0.287 e. The van der Waals surface area contributed by atoms with Gasteiger partial charge >= 0.3 is 0 Å². The number of rotatable bonds is 6. The van der Waals surface area contributed by atoms with E-state index in [1.807, 2.05) is 6.92 Å². The van der Waals surface area contributed by atoms with Crippen LogP contribution in [0.15, 0.2) is 11.0 Å². The van der Waals surface area contributed by atoms with Gasteiger partial charge in [-0.1, -0.05) is 25.4 Å². The van der Waals surface area contributed by atoms with Crippen LogP contribution in [0.25, 0.3) is 0 Å². The topological polar surface area (TPSA) is 67.2 Å². The van der Waals surface area contributed by atoms with Gasteiger partial charge in [0.15, 0.2) is 0 Å². The van der Waals surface area contributed by atoms with Crippen molar-refractivity contribution in [1.82, 2.24) is 9.78 Å². The van der Waals surface area contributed by atoms with Gasteiger partial charge in [-0.05, 0) is 19.3 Å². The molecule has 0 spiro atoms. The first kappa shape index (κ1) is 15.0. The van der Waals surface area contributed by atoms with Crippen LogP contribution in [0.2, 0.25) is 5.02 Å². The standard InChI is InChI=1S/C12H20ClN3O2/c1-4-16-12(18)11(13)10(6-14-16)15-9(7-17)5-8(2)3/h6,8-9,15,17H,4-5,7H2,1-3H3. The number of halogens is 1. The molecule has 102 valence electrons. The second kappa shape index (κ2) is 6.75. The van der Waals surface area contributed by atoms with E-state index in [9.17, 15) is 9.90 Å². The summed E-state index contributed by atoms with van der Waals surface area (Å²) in [5.41, 5.74) is 0.163. The average molecular weight is 274 g/mol. The number of aliphatic hydroxyl groups is 1. The minimum absolute atomic E-state index is 0.00856. The molecular weight excluding hydrogens is 254 g/mol. The smallest absolute Gasteiger partial charge is 0.287 e. The largest absolute Gasteiger partial charge is 0.394 e. The molecule has 6 heteroatoms. The SMILES string of the molecule is CCn1ncc(NC(CO)CC(C)C)c(Cl)c1=O. The molecule has 0 saturated carbocycles. The van der Waals surface area contributed by atoms with Crippen molar-refractivity contribution in [2.75, 3.05) is 11.9 Å². The van der Waals surface area contributed by atoms with Crippen LogP contribution in [0.5, 0.6) is 0 Å². The highest BCUT2D eigenvalue weighted by atomic mass is 35.5. The van der Waals surface area contributed by atoms with E-state index in [1.165, 1.54) is 10.9 Å². The minimum atomic E-state index is -0.314. The third kappa shape index (κ3) is 3.71. The van der Waals surface area contributed by atoms with Gasteiger partial charge in [-0.3, -0.25) is 4.79 Å². The second-order valence-electron chi connectivity index (χ2n) is 4.65. The second-order valence-corrected chi connectivity index (χ2v) is 5.02. The maximum atomic E-state index is 11.8. The summed E-state index contributed by atoms with van der Waals surface area (Å²) in [6.07, 6.45) is 2.32. The molecule has 0 bridgehead atoms. The number of aromatic nitrogens is 2. The van der Waals surface area contributed by atoms with E-state index < -0.39 is 0 Å². The van der Waals surface area contributed by atoms with E-state index >= 15 is 0 Å². The Hall–Kier alpha value is -1.07. The molecule has 1 unspecified atom stereocenters. The molecule has 0 saturated heterocycles. The van der Waals surface area contributed by atoms with Crippen molar-refractivity contribution in [2.24, 2.45) is 5.92 Å². The van der Waals surface area contributed by atoms with E-state index in [2.05, 4.69) is 24.3 Å². The third-order valence-corrected chi connectivity index (χ3v) is 2.99. The Morgan fingerprint density at radius 3 is 2.72 bits per heavy atom. The van der Waals surface area contributed by atoms with Crippen LogP contribution >= 0.6 is 11.6 Å². The average Bonchev–Trinajstić information content (AvgIpc) is 2.33. The molecule has 2 N–H and O–H groups in total. The lowest BCUT2D eigenvalue weighted by molar-refractivity contribution is 0.259. The highest BCUT2D eigenvalue weighted by molar-refractivity contribution is 6.32. The summed E-state index contributed by atoms with van der Waals surface area (Å²) in [6, 6.07) is -0.124. The molecule has 0 radical (unpaired) electrons. The molecule has 1 aromatic heterocycles. The quantitative estimate of drug-likeness (QED) is 0.828. The summed E-state index contributed by atoms with van der Waals surface area (Å²) in [5, 5.41) is 16.5. The predicted octanol–water partition coefficient (Wildman–Crippen LogP) is 1.74. The van der Waals surface area contributed by atoms with Gasteiger partial charge in [0.25, 0.3) is 5.56 Å². The molecule has 0 aromatic carbocycles. The zero-order valence-electron chi connectivity index (χ0n) is 11.0. The number of anilines is 1. The molecule has 1 rings (SSSR count). The van der Waals surface area contributed by atoms with E-state index in [1.54, 1.807) is 0 Å². The number of hydrogen-bond acceptors (Lipinski definition) is 4. The van der Waals surface area contributed by atoms with E-state index in [-0.39, 0.29) is 23.2 Å². The summed E-state index contributed by atoms with van der Waals surface area (Å²) < 4.78 is 1.30. The first-order chi connectivity index (χ1) is 8.49. The summed E-state index contributed by atoms with van der Waals surface area (Å²) in [4.78, 5) is 11.8. The summed E-state index contributed by atoms with van der Waals surface area (Å²) >= 11 is 6.00. The molecule has 0 fully saturated rings. The first-order valence-corrected chi connectivity index (χ1v) is 6.50. The Bertz CT molecular complexity index is 445. The highest BCUT2D eigenvalue weighted by Gasteiger charge is 2.14. The van der Waals surface area contributed by atoms with Crippen LogP contribution in [0.4, 0.5) is 5.69 Å². The molecule has 0 aliphatic heterocycles. The van der Waals surface area contributed by atoms with Crippen molar-refractivity contribution >= 4 is 17.3 Å². The first-order valence-electron chi connectivity index (χ1n) is 6.12. The van der Waals surface area contributed by atoms with Crippen molar-refractivity contribution < 1.29 is 5.11 Å². The van der Waals surface area contributed by atoms with Crippen molar-refractivity contribution in [3.05, 3.63) is 21.6 Å². The van der Waals surface area contributed by atoms with E-state index in [0.29, 0.717) is 18.2 Å². The van der Waals surface area contributed by atoms with Crippen LogP contribution < -0.4 is 10.9 Å². The lowest BCUT2D eigenvalue weighted by Crippen LogP contribution is -2.29. The zero-order chi connectivity index (χ0) is 13.7. The van der Waals surface area contributed by atoms with Gasteiger partial charge in [0, 0.05) is 12.6 Å². The third-order valence-electron chi connectivity index (χ3n) is 2.62. The van der Waals surface area contributed by atoms with Gasteiger partial charge in [-0.2, -0.15) is 5.10 Å². The van der Waals surface area contributed by atoms with Crippen molar-refractivity contribution in [1.29, 1.82) is 0 Å². The fourth-order valence-electron chi connectivity index (χ4n) is 1.76. The Kier molecular flexibility index (Phi) is 5.62. The fourth-order valence-corrected chi connectivity index (χ4v) is 1.96. The Balaban J connectivity index is 2.90. The van der Waals surface area contributed by atoms with Crippen molar-refractivity contribution in [3.8, 4) is 0 Å². The Labute approximate surface area is 112 Å². The normalized spacial score (nSPS) is 12.8. The van der Waals surface area contributed by atoms with Crippen LogP contribution in [0.3, 0.4) is 0 Å². The zero-order valence-corrected chi connectivity index (χ0v) is 11.7. The monoisotopic (exact) mass is 273 g/mol. The van der Waals surface area contributed by atoms with Crippen LogP contribution in [0.1, 0.15) is 27.2 Å². The number of aliphatic hydroxyl groups excluding tert-OH is 1. The van der Waals surface area contributed by atoms with Crippen molar-refractivity contribution in [3.63, 3.8) is 0 Å². The predicted molar refractivity (Wildman–Crippen MR) is 73.1 cm³/mol. The summed E-state index contributed by atoms with van der Waals surface area (Å²) in [5.74, 6) is 0.442. The number of nitrogens with one attached hydrogen (secondary N) is 1. The fraction of sp³-hybridized carbons (Fsp3) is 0.667. The van der Waals surface area contributed by atoms with E-state index in [4.69, 9.17) is 11.6 Å². The van der Waals surface area contributed by atoms with Gasteiger partial charge in [0.2, 0.25) is 0 Å². The highest BCUT2D eigenvalue weighted by Crippen LogP contribution is 2.18.